The number of H-pyrrole nitrogens is 1. The van der Waals surface area contributed by atoms with Crippen molar-refractivity contribution in [2.75, 3.05) is 5.43 Å². The number of anilines is 1. The molecule has 0 radical (unpaired) electrons. The van der Waals surface area contributed by atoms with E-state index in [1.807, 2.05) is 18.4 Å². The second-order valence-electron chi connectivity index (χ2n) is 3.41. The highest BCUT2D eigenvalue weighted by atomic mass is 32.1. The molecule has 0 aliphatic heterocycles. The molecule has 0 aromatic carbocycles. The van der Waals surface area contributed by atoms with Gasteiger partial charge < -0.3 is 0 Å². The standard InChI is InChI=1S/C10H11N5OS/c1-6-3-4-17-8(6)5-11-14-9-7(2)13-15-10(16)12-9/h3-5H,1-2H3,(H2,12,14,15,16)/b11-5+. The molecule has 17 heavy (non-hydrogen) atoms. The van der Waals surface area contributed by atoms with E-state index in [0.29, 0.717) is 11.5 Å². The molecule has 0 amide bonds. The highest BCUT2D eigenvalue weighted by Gasteiger charge is 2.00. The van der Waals surface area contributed by atoms with E-state index >= 15 is 0 Å². The number of hydrogen-bond donors (Lipinski definition) is 2. The van der Waals surface area contributed by atoms with E-state index in [0.717, 1.165) is 10.4 Å². The molecular weight excluding hydrogens is 238 g/mol. The summed E-state index contributed by atoms with van der Waals surface area (Å²) in [5.41, 5.74) is 3.95. The Labute approximate surface area is 101 Å². The van der Waals surface area contributed by atoms with Gasteiger partial charge >= 0.3 is 5.69 Å². The molecule has 2 rings (SSSR count). The van der Waals surface area contributed by atoms with E-state index in [9.17, 15) is 4.79 Å². The van der Waals surface area contributed by atoms with Crippen LogP contribution in [0, 0.1) is 13.8 Å². The van der Waals surface area contributed by atoms with Crippen LogP contribution in [0.3, 0.4) is 0 Å². The fraction of sp³-hybridized carbons (Fsp3) is 0.200. The van der Waals surface area contributed by atoms with Crippen LogP contribution < -0.4 is 11.1 Å². The lowest BCUT2D eigenvalue weighted by Crippen LogP contribution is -2.15. The lowest BCUT2D eigenvalue weighted by Gasteiger charge is -1.99. The number of aromatic amines is 1. The first-order valence-corrected chi connectivity index (χ1v) is 5.81. The Morgan fingerprint density at radius 2 is 2.35 bits per heavy atom. The first kappa shape index (κ1) is 11.5. The average molecular weight is 249 g/mol. The Balaban J connectivity index is 2.12. The molecule has 0 aliphatic rings. The van der Waals surface area contributed by atoms with E-state index in [1.165, 1.54) is 0 Å². The van der Waals surface area contributed by atoms with Gasteiger partial charge in [0, 0.05) is 4.88 Å². The van der Waals surface area contributed by atoms with Crippen LogP contribution >= 0.6 is 11.3 Å². The average Bonchev–Trinajstić information content (AvgIpc) is 2.70. The number of aromatic nitrogens is 3. The molecule has 0 unspecified atom stereocenters. The summed E-state index contributed by atoms with van der Waals surface area (Å²) in [7, 11) is 0. The molecule has 2 heterocycles. The molecular formula is C10H11N5OS. The summed E-state index contributed by atoms with van der Waals surface area (Å²) in [6.07, 6.45) is 1.70. The quantitative estimate of drug-likeness (QED) is 0.634. The number of hydrogen-bond acceptors (Lipinski definition) is 6. The molecule has 88 valence electrons. The largest absolute Gasteiger partial charge is 0.363 e. The molecule has 0 saturated carbocycles. The zero-order valence-electron chi connectivity index (χ0n) is 9.39. The molecule has 0 spiro atoms. The van der Waals surface area contributed by atoms with Gasteiger partial charge in [-0.1, -0.05) is 0 Å². The Kier molecular flexibility index (Phi) is 3.29. The molecule has 2 aromatic rings. The van der Waals surface area contributed by atoms with Gasteiger partial charge in [-0.3, -0.25) is 5.43 Å². The SMILES string of the molecule is Cc1ccsc1/C=N/Nc1nc(=O)[nH]nc1C. The van der Waals surface area contributed by atoms with Crippen molar-refractivity contribution in [2.24, 2.45) is 5.10 Å². The lowest BCUT2D eigenvalue weighted by molar-refractivity contribution is 0.879. The molecule has 2 aromatic heterocycles. The van der Waals surface area contributed by atoms with Crippen molar-refractivity contribution in [3.05, 3.63) is 38.1 Å². The number of nitrogens with one attached hydrogen (secondary N) is 2. The Morgan fingerprint density at radius 1 is 1.53 bits per heavy atom. The van der Waals surface area contributed by atoms with Gasteiger partial charge in [0.1, 0.15) is 5.69 Å². The highest BCUT2D eigenvalue weighted by molar-refractivity contribution is 7.11. The molecule has 0 fully saturated rings. The highest BCUT2D eigenvalue weighted by Crippen LogP contribution is 2.12. The summed E-state index contributed by atoms with van der Waals surface area (Å²) in [5, 5.41) is 12.0. The van der Waals surface area contributed by atoms with Gasteiger partial charge in [0.15, 0.2) is 5.82 Å². The van der Waals surface area contributed by atoms with Crippen molar-refractivity contribution in [2.45, 2.75) is 13.8 Å². The van der Waals surface area contributed by atoms with Crippen LogP contribution in [0.25, 0.3) is 0 Å². The molecule has 7 heteroatoms. The summed E-state index contributed by atoms with van der Waals surface area (Å²) in [5.74, 6) is 0.360. The Hall–Kier alpha value is -2.02. The number of rotatable bonds is 3. The third-order valence-corrected chi connectivity index (χ3v) is 3.08. The topological polar surface area (TPSA) is 83.0 Å². The monoisotopic (exact) mass is 249 g/mol. The predicted octanol–water partition coefficient (Wildman–Crippen LogP) is 1.29. The van der Waals surface area contributed by atoms with E-state index in [-0.39, 0.29) is 0 Å². The van der Waals surface area contributed by atoms with Crippen molar-refractivity contribution in [1.82, 2.24) is 15.2 Å². The first-order chi connectivity index (χ1) is 8.16. The minimum atomic E-state index is -0.499. The van der Waals surface area contributed by atoms with Crippen LogP contribution in [0.1, 0.15) is 16.1 Å². The minimum Gasteiger partial charge on any atom is -0.260 e. The first-order valence-electron chi connectivity index (χ1n) is 4.93. The maximum absolute atomic E-state index is 11.0. The zero-order valence-corrected chi connectivity index (χ0v) is 10.2. The van der Waals surface area contributed by atoms with Crippen LogP contribution in [0.15, 0.2) is 21.3 Å². The summed E-state index contributed by atoms with van der Waals surface area (Å²) < 4.78 is 0. The maximum atomic E-state index is 11.0. The van der Waals surface area contributed by atoms with Crippen LogP contribution in [0.2, 0.25) is 0 Å². The van der Waals surface area contributed by atoms with Crippen molar-refractivity contribution in [3.8, 4) is 0 Å². The van der Waals surface area contributed by atoms with Gasteiger partial charge in [-0.2, -0.15) is 15.2 Å². The fourth-order valence-electron chi connectivity index (χ4n) is 1.17. The van der Waals surface area contributed by atoms with Crippen molar-refractivity contribution >= 4 is 23.4 Å². The van der Waals surface area contributed by atoms with Crippen molar-refractivity contribution < 1.29 is 0 Å². The summed E-state index contributed by atoms with van der Waals surface area (Å²) in [6, 6.07) is 2.02. The summed E-state index contributed by atoms with van der Waals surface area (Å²) >= 11 is 1.60. The Morgan fingerprint density at radius 3 is 3.06 bits per heavy atom. The van der Waals surface area contributed by atoms with Gasteiger partial charge in [-0.05, 0) is 30.9 Å². The number of hydrazone groups is 1. The van der Waals surface area contributed by atoms with Gasteiger partial charge in [0.2, 0.25) is 0 Å². The number of aryl methyl sites for hydroxylation is 2. The van der Waals surface area contributed by atoms with Crippen LogP contribution in [-0.2, 0) is 0 Å². The zero-order chi connectivity index (χ0) is 12.3. The molecule has 0 bridgehead atoms. The van der Waals surface area contributed by atoms with E-state index in [2.05, 4.69) is 25.7 Å². The fourth-order valence-corrected chi connectivity index (χ4v) is 1.95. The van der Waals surface area contributed by atoms with Crippen LogP contribution in [-0.4, -0.2) is 21.4 Å². The third kappa shape index (κ3) is 2.76. The number of nitrogens with zero attached hydrogens (tertiary/aromatic N) is 3. The normalized spacial score (nSPS) is 10.9. The van der Waals surface area contributed by atoms with Crippen LogP contribution in [0.5, 0.6) is 0 Å². The molecule has 0 saturated heterocycles. The second kappa shape index (κ2) is 4.88. The summed E-state index contributed by atoms with van der Waals surface area (Å²) in [6.45, 7) is 3.74. The van der Waals surface area contributed by atoms with Gasteiger partial charge in [0.25, 0.3) is 0 Å². The van der Waals surface area contributed by atoms with E-state index < -0.39 is 5.69 Å². The smallest absolute Gasteiger partial charge is 0.260 e. The minimum absolute atomic E-state index is 0.360. The van der Waals surface area contributed by atoms with E-state index in [4.69, 9.17) is 0 Å². The van der Waals surface area contributed by atoms with Crippen LogP contribution in [0.4, 0.5) is 5.82 Å². The number of thiophene rings is 1. The molecule has 6 nitrogen and oxygen atoms in total. The summed E-state index contributed by atoms with van der Waals surface area (Å²) in [4.78, 5) is 15.8. The lowest BCUT2D eigenvalue weighted by atomic mass is 10.3. The van der Waals surface area contributed by atoms with Gasteiger partial charge in [0.05, 0.1) is 6.21 Å². The molecule has 0 atom stereocenters. The van der Waals surface area contributed by atoms with Gasteiger partial charge in [-0.25, -0.2) is 9.89 Å². The maximum Gasteiger partial charge on any atom is 0.363 e. The second-order valence-corrected chi connectivity index (χ2v) is 4.36. The van der Waals surface area contributed by atoms with Gasteiger partial charge in [-0.15, -0.1) is 11.3 Å². The molecule has 0 aliphatic carbocycles. The Bertz CT molecular complexity index is 601. The van der Waals surface area contributed by atoms with E-state index in [1.54, 1.807) is 24.5 Å². The van der Waals surface area contributed by atoms with Crippen molar-refractivity contribution in [1.29, 1.82) is 0 Å². The predicted molar refractivity (Wildman–Crippen MR) is 67.7 cm³/mol. The molecule has 2 N–H and O–H groups in total. The third-order valence-electron chi connectivity index (χ3n) is 2.13. The van der Waals surface area contributed by atoms with Crippen molar-refractivity contribution in [3.63, 3.8) is 0 Å².